The standard InChI is InChI=1S/C19H25N5O/c1-23(2)17-9-6-11-24(12-10-17)18(25)15-13-20-19(21-14-15)22-16-7-4-3-5-8-16/h3-5,7-8,13-14,17H,6,9-12H2,1-2H3,(H,20,21,22). The quantitative estimate of drug-likeness (QED) is 0.928. The van der Waals surface area contributed by atoms with Crippen LogP contribution in [0.1, 0.15) is 29.6 Å². The summed E-state index contributed by atoms with van der Waals surface area (Å²) in [6.45, 7) is 1.58. The molecule has 6 nitrogen and oxygen atoms in total. The van der Waals surface area contributed by atoms with E-state index in [2.05, 4.69) is 34.3 Å². The number of likely N-dealkylation sites (tertiary alicyclic amines) is 1. The second-order valence-corrected chi connectivity index (χ2v) is 6.63. The predicted octanol–water partition coefficient (Wildman–Crippen LogP) is 2.78. The summed E-state index contributed by atoms with van der Waals surface area (Å²) in [4.78, 5) is 25.4. The summed E-state index contributed by atoms with van der Waals surface area (Å²) in [5.74, 6) is 0.511. The predicted molar refractivity (Wildman–Crippen MR) is 99.0 cm³/mol. The lowest BCUT2D eigenvalue weighted by molar-refractivity contribution is 0.0758. The highest BCUT2D eigenvalue weighted by Crippen LogP contribution is 2.17. The molecule has 1 aromatic heterocycles. The fourth-order valence-electron chi connectivity index (χ4n) is 3.13. The summed E-state index contributed by atoms with van der Waals surface area (Å²) in [7, 11) is 4.21. The van der Waals surface area contributed by atoms with Gasteiger partial charge in [0.1, 0.15) is 0 Å². The number of amides is 1. The van der Waals surface area contributed by atoms with Crippen molar-refractivity contribution < 1.29 is 4.79 Å². The Bertz CT molecular complexity index is 687. The Hall–Kier alpha value is -2.47. The van der Waals surface area contributed by atoms with Crippen molar-refractivity contribution in [1.82, 2.24) is 19.8 Å². The molecule has 2 heterocycles. The van der Waals surface area contributed by atoms with Crippen LogP contribution < -0.4 is 5.32 Å². The third kappa shape index (κ3) is 4.54. The molecule has 1 saturated heterocycles. The third-order valence-corrected chi connectivity index (χ3v) is 4.64. The molecule has 1 aliphatic heterocycles. The maximum Gasteiger partial charge on any atom is 0.256 e. The largest absolute Gasteiger partial charge is 0.338 e. The average Bonchev–Trinajstić information content (AvgIpc) is 2.89. The summed E-state index contributed by atoms with van der Waals surface area (Å²) in [6, 6.07) is 10.3. The molecule has 1 atom stereocenters. The molecule has 3 rings (SSSR count). The van der Waals surface area contributed by atoms with Crippen LogP contribution in [0, 0.1) is 0 Å². The van der Waals surface area contributed by atoms with Crippen LogP contribution >= 0.6 is 0 Å². The number of benzene rings is 1. The molecule has 1 amide bonds. The zero-order chi connectivity index (χ0) is 17.6. The van der Waals surface area contributed by atoms with Crippen molar-refractivity contribution in [2.24, 2.45) is 0 Å². The van der Waals surface area contributed by atoms with Crippen molar-refractivity contribution in [3.05, 3.63) is 48.3 Å². The van der Waals surface area contributed by atoms with Gasteiger partial charge in [-0.1, -0.05) is 18.2 Å². The van der Waals surface area contributed by atoms with Crippen molar-refractivity contribution >= 4 is 17.5 Å². The van der Waals surface area contributed by atoms with Crippen LogP contribution in [0.2, 0.25) is 0 Å². The number of carbonyl (C=O) groups is 1. The van der Waals surface area contributed by atoms with E-state index in [9.17, 15) is 4.79 Å². The first-order valence-electron chi connectivity index (χ1n) is 8.73. The fourth-order valence-corrected chi connectivity index (χ4v) is 3.13. The first-order valence-corrected chi connectivity index (χ1v) is 8.73. The molecule has 0 aliphatic carbocycles. The number of carbonyl (C=O) groups excluding carboxylic acids is 1. The van der Waals surface area contributed by atoms with Gasteiger partial charge >= 0.3 is 0 Å². The normalized spacial score (nSPS) is 18.0. The van der Waals surface area contributed by atoms with E-state index >= 15 is 0 Å². The highest BCUT2D eigenvalue weighted by molar-refractivity contribution is 5.93. The smallest absolute Gasteiger partial charge is 0.256 e. The van der Waals surface area contributed by atoms with Crippen molar-refractivity contribution in [1.29, 1.82) is 0 Å². The molecule has 1 aliphatic rings. The Morgan fingerprint density at radius 2 is 1.84 bits per heavy atom. The maximum atomic E-state index is 12.7. The lowest BCUT2D eigenvalue weighted by atomic mass is 10.1. The Kier molecular flexibility index (Phi) is 5.60. The van der Waals surface area contributed by atoms with Gasteiger partial charge in [-0.25, -0.2) is 9.97 Å². The molecule has 132 valence electrons. The lowest BCUT2D eigenvalue weighted by Crippen LogP contribution is -2.34. The van der Waals surface area contributed by atoms with Gasteiger partial charge in [0, 0.05) is 37.2 Å². The van der Waals surface area contributed by atoms with Gasteiger partial charge < -0.3 is 15.1 Å². The lowest BCUT2D eigenvalue weighted by Gasteiger charge is -2.23. The molecular weight excluding hydrogens is 314 g/mol. The van der Waals surface area contributed by atoms with Crippen LogP contribution in [0.5, 0.6) is 0 Å². The Labute approximate surface area is 148 Å². The number of nitrogens with one attached hydrogen (secondary N) is 1. The number of rotatable bonds is 4. The molecule has 0 saturated carbocycles. The molecule has 2 aromatic rings. The number of para-hydroxylation sites is 1. The molecule has 0 spiro atoms. The van der Waals surface area contributed by atoms with Gasteiger partial charge in [-0.3, -0.25) is 4.79 Å². The fraction of sp³-hybridized carbons (Fsp3) is 0.421. The van der Waals surface area contributed by atoms with E-state index in [0.717, 1.165) is 38.0 Å². The number of aromatic nitrogens is 2. The van der Waals surface area contributed by atoms with Crippen molar-refractivity contribution in [3.63, 3.8) is 0 Å². The number of anilines is 2. The van der Waals surface area contributed by atoms with E-state index in [0.29, 0.717) is 17.6 Å². The summed E-state index contributed by atoms with van der Waals surface area (Å²) >= 11 is 0. The van der Waals surface area contributed by atoms with Crippen molar-refractivity contribution in [2.45, 2.75) is 25.3 Å². The highest BCUT2D eigenvalue weighted by Gasteiger charge is 2.22. The molecule has 1 fully saturated rings. The zero-order valence-corrected chi connectivity index (χ0v) is 14.9. The zero-order valence-electron chi connectivity index (χ0n) is 14.9. The summed E-state index contributed by atoms with van der Waals surface area (Å²) in [5, 5.41) is 3.13. The van der Waals surface area contributed by atoms with Gasteiger partial charge in [0.05, 0.1) is 5.56 Å². The van der Waals surface area contributed by atoms with Gasteiger partial charge in [0.25, 0.3) is 5.91 Å². The monoisotopic (exact) mass is 339 g/mol. The van der Waals surface area contributed by atoms with Gasteiger partial charge in [0.15, 0.2) is 0 Å². The van der Waals surface area contributed by atoms with Crippen LogP contribution in [0.25, 0.3) is 0 Å². The Morgan fingerprint density at radius 1 is 1.12 bits per heavy atom. The van der Waals surface area contributed by atoms with Gasteiger partial charge in [0.2, 0.25) is 5.95 Å². The van der Waals surface area contributed by atoms with Gasteiger partial charge in [-0.05, 0) is 45.5 Å². The minimum atomic E-state index is 0.0191. The van der Waals surface area contributed by atoms with Crippen LogP contribution in [-0.2, 0) is 0 Å². The molecular formula is C19H25N5O. The van der Waals surface area contributed by atoms with Gasteiger partial charge in [-0.2, -0.15) is 0 Å². The summed E-state index contributed by atoms with van der Waals surface area (Å²) in [5.41, 5.74) is 1.46. The molecule has 0 bridgehead atoms. The first-order chi connectivity index (χ1) is 12.1. The van der Waals surface area contributed by atoms with E-state index in [4.69, 9.17) is 0 Å². The summed E-state index contributed by atoms with van der Waals surface area (Å²) < 4.78 is 0. The number of nitrogens with zero attached hydrogens (tertiary/aromatic N) is 4. The molecule has 1 unspecified atom stereocenters. The van der Waals surface area contributed by atoms with Crippen LogP contribution in [0.4, 0.5) is 11.6 Å². The highest BCUT2D eigenvalue weighted by atomic mass is 16.2. The first kappa shape index (κ1) is 17.4. The summed E-state index contributed by atoms with van der Waals surface area (Å²) in [6.07, 6.45) is 6.38. The van der Waals surface area contributed by atoms with E-state index in [1.807, 2.05) is 35.2 Å². The van der Waals surface area contributed by atoms with Crippen LogP contribution in [-0.4, -0.2) is 58.9 Å². The van der Waals surface area contributed by atoms with E-state index in [-0.39, 0.29) is 5.91 Å². The minimum absolute atomic E-state index is 0.0191. The number of hydrogen-bond donors (Lipinski definition) is 1. The van der Waals surface area contributed by atoms with E-state index < -0.39 is 0 Å². The molecule has 1 aromatic carbocycles. The topological polar surface area (TPSA) is 61.4 Å². The Balaban J connectivity index is 1.62. The maximum absolute atomic E-state index is 12.7. The Morgan fingerprint density at radius 3 is 2.52 bits per heavy atom. The van der Waals surface area contributed by atoms with Crippen LogP contribution in [0.15, 0.2) is 42.7 Å². The minimum Gasteiger partial charge on any atom is -0.338 e. The molecule has 0 radical (unpaired) electrons. The van der Waals surface area contributed by atoms with Crippen molar-refractivity contribution in [3.8, 4) is 0 Å². The average molecular weight is 339 g/mol. The molecule has 6 heteroatoms. The second-order valence-electron chi connectivity index (χ2n) is 6.63. The van der Waals surface area contributed by atoms with Gasteiger partial charge in [-0.15, -0.1) is 0 Å². The SMILES string of the molecule is CN(C)C1CCCN(C(=O)c2cnc(Nc3ccccc3)nc2)CC1. The van der Waals surface area contributed by atoms with Crippen molar-refractivity contribution in [2.75, 3.05) is 32.5 Å². The number of hydrogen-bond acceptors (Lipinski definition) is 5. The molecule has 1 N–H and O–H groups in total. The third-order valence-electron chi connectivity index (χ3n) is 4.64. The second kappa shape index (κ2) is 8.07. The van der Waals surface area contributed by atoms with E-state index in [1.54, 1.807) is 12.4 Å². The van der Waals surface area contributed by atoms with E-state index in [1.165, 1.54) is 0 Å². The van der Waals surface area contributed by atoms with Crippen LogP contribution in [0.3, 0.4) is 0 Å². The molecule has 25 heavy (non-hydrogen) atoms.